The Balaban J connectivity index is 3.13. The molecule has 0 aliphatic heterocycles. The maximum Gasteiger partial charge on any atom is 0.265 e. The third-order valence-corrected chi connectivity index (χ3v) is 1.68. The molecular weight excluding hydrogens is 178 g/mol. The highest BCUT2D eigenvalue weighted by atomic mass is 32.1. The monoisotopic (exact) mass is 183 g/mol. The van der Waals surface area contributed by atoms with Crippen LogP contribution < -0.4 is 11.3 Å². The van der Waals surface area contributed by atoms with Crippen LogP contribution in [-0.4, -0.2) is 20.2 Å². The first-order valence-electron chi connectivity index (χ1n) is 3.14. The maximum absolute atomic E-state index is 11.2. The molecule has 0 fully saturated rings. The quantitative estimate of drug-likeness (QED) is 0.428. The molecule has 0 saturated carbocycles. The van der Waals surface area contributed by atoms with Gasteiger partial charge in [0.25, 0.3) is 5.56 Å². The summed E-state index contributed by atoms with van der Waals surface area (Å²) in [5, 5.41) is 6.53. The smallest absolute Gasteiger partial charge is 0.265 e. The van der Waals surface area contributed by atoms with E-state index in [0.717, 1.165) is 0 Å². The Morgan fingerprint density at radius 1 is 1.42 bits per heavy atom. The van der Waals surface area contributed by atoms with E-state index < -0.39 is 0 Å². The summed E-state index contributed by atoms with van der Waals surface area (Å²) in [4.78, 5) is 16.3. The van der Waals surface area contributed by atoms with Crippen molar-refractivity contribution in [3.05, 3.63) is 15.1 Å². The van der Waals surface area contributed by atoms with Gasteiger partial charge in [0.2, 0.25) is 0 Å². The zero-order valence-electron chi connectivity index (χ0n) is 5.84. The number of nitrogens with one attached hydrogen (secondary N) is 3. The summed E-state index contributed by atoms with van der Waals surface area (Å²) in [6.45, 7) is 0. The minimum absolute atomic E-state index is 0.234. The number of fused-ring (bicyclic) bond motifs is 1. The molecular formula is C5H5N5OS. The van der Waals surface area contributed by atoms with Crippen LogP contribution in [0.15, 0.2) is 4.79 Å². The molecule has 5 N–H and O–H groups in total. The molecule has 0 saturated heterocycles. The molecule has 0 bridgehead atoms. The molecule has 2 heterocycles. The van der Waals surface area contributed by atoms with Crippen LogP contribution in [0.5, 0.6) is 0 Å². The summed E-state index contributed by atoms with van der Waals surface area (Å²) in [5.41, 5.74) is 5.48. The Hall–Kier alpha value is -1.63. The molecule has 2 aromatic heterocycles. The number of rotatable bonds is 0. The maximum atomic E-state index is 11.2. The molecule has 12 heavy (non-hydrogen) atoms. The normalized spacial score (nSPS) is 10.7. The first-order chi connectivity index (χ1) is 5.68. The third-order valence-electron chi connectivity index (χ3n) is 1.48. The van der Waals surface area contributed by atoms with Crippen LogP contribution in [0.25, 0.3) is 11.0 Å². The molecule has 62 valence electrons. The van der Waals surface area contributed by atoms with Gasteiger partial charge in [0.15, 0.2) is 10.4 Å². The fourth-order valence-electron chi connectivity index (χ4n) is 0.980. The summed E-state index contributed by atoms with van der Waals surface area (Å²) < 4.78 is 0.235. The van der Waals surface area contributed by atoms with Gasteiger partial charge in [-0.25, -0.2) is 0 Å². The van der Waals surface area contributed by atoms with E-state index in [1.54, 1.807) is 0 Å². The van der Waals surface area contributed by atoms with Crippen LogP contribution in [0.3, 0.4) is 0 Å². The Kier molecular flexibility index (Phi) is 1.28. The van der Waals surface area contributed by atoms with Crippen LogP contribution in [0.1, 0.15) is 0 Å². The molecule has 0 atom stereocenters. The van der Waals surface area contributed by atoms with Crippen molar-refractivity contribution in [3.63, 3.8) is 0 Å². The fourth-order valence-corrected chi connectivity index (χ4v) is 1.17. The van der Waals surface area contributed by atoms with Gasteiger partial charge in [-0.3, -0.25) is 14.9 Å². The minimum Gasteiger partial charge on any atom is -0.383 e. The first kappa shape index (κ1) is 7.04. The number of H-pyrrole nitrogens is 3. The van der Waals surface area contributed by atoms with Gasteiger partial charge in [-0.1, -0.05) is 0 Å². The lowest BCUT2D eigenvalue weighted by Crippen LogP contribution is -2.08. The highest BCUT2D eigenvalue weighted by Crippen LogP contribution is 2.08. The van der Waals surface area contributed by atoms with Crippen molar-refractivity contribution < 1.29 is 0 Å². The predicted octanol–water partition coefficient (Wildman–Crippen LogP) is -0.109. The number of aromatic amines is 3. The zero-order chi connectivity index (χ0) is 8.72. The van der Waals surface area contributed by atoms with E-state index in [4.69, 9.17) is 18.0 Å². The minimum atomic E-state index is -0.333. The second-order valence-electron chi connectivity index (χ2n) is 2.27. The summed E-state index contributed by atoms with van der Waals surface area (Å²) in [6.07, 6.45) is 0. The number of hydrogen-bond acceptors (Lipinski definition) is 4. The Morgan fingerprint density at radius 2 is 2.17 bits per heavy atom. The van der Waals surface area contributed by atoms with E-state index in [1.807, 2.05) is 0 Å². The largest absolute Gasteiger partial charge is 0.383 e. The SMILES string of the molecule is Nc1[nH]nc2[nH]c(=S)[nH]c(=O)c12. The number of nitrogen functional groups attached to an aromatic ring is 1. The average molecular weight is 183 g/mol. The standard InChI is InChI=1S/C5H5N5OS/c6-2-1-3(10-9-2)7-5(12)8-4(1)11/h(H5,6,7,8,9,10,11,12). The van der Waals surface area contributed by atoms with Gasteiger partial charge in [-0.2, -0.15) is 5.10 Å². The van der Waals surface area contributed by atoms with E-state index >= 15 is 0 Å². The van der Waals surface area contributed by atoms with Crippen molar-refractivity contribution in [1.29, 1.82) is 0 Å². The topological polar surface area (TPSA) is 103 Å². The molecule has 0 amide bonds. The van der Waals surface area contributed by atoms with Gasteiger partial charge in [-0.15, -0.1) is 0 Å². The predicted molar refractivity (Wildman–Crippen MR) is 46.3 cm³/mol. The van der Waals surface area contributed by atoms with E-state index in [1.165, 1.54) is 0 Å². The second-order valence-corrected chi connectivity index (χ2v) is 2.68. The van der Waals surface area contributed by atoms with E-state index in [9.17, 15) is 4.79 Å². The third kappa shape index (κ3) is 0.832. The Bertz CT molecular complexity index is 534. The van der Waals surface area contributed by atoms with Crippen molar-refractivity contribution >= 4 is 29.1 Å². The molecule has 7 heteroatoms. The summed E-state index contributed by atoms with van der Waals surface area (Å²) in [7, 11) is 0. The van der Waals surface area contributed by atoms with Crippen LogP contribution in [0.2, 0.25) is 0 Å². The molecule has 0 aliphatic rings. The first-order valence-corrected chi connectivity index (χ1v) is 3.55. The highest BCUT2D eigenvalue weighted by Gasteiger charge is 2.05. The lowest BCUT2D eigenvalue weighted by molar-refractivity contribution is 1.08. The Morgan fingerprint density at radius 3 is 2.92 bits per heavy atom. The highest BCUT2D eigenvalue weighted by molar-refractivity contribution is 7.71. The summed E-state index contributed by atoms with van der Waals surface area (Å²) in [6, 6.07) is 0. The molecule has 0 aromatic carbocycles. The average Bonchev–Trinajstić information content (AvgIpc) is 2.31. The number of nitrogens with two attached hydrogens (primary N) is 1. The number of anilines is 1. The molecule has 0 radical (unpaired) electrons. The van der Waals surface area contributed by atoms with Gasteiger partial charge >= 0.3 is 0 Å². The van der Waals surface area contributed by atoms with Crippen molar-refractivity contribution in [2.45, 2.75) is 0 Å². The molecule has 2 aromatic rings. The number of hydrogen-bond donors (Lipinski definition) is 4. The van der Waals surface area contributed by atoms with Crippen molar-refractivity contribution in [2.24, 2.45) is 0 Å². The molecule has 6 nitrogen and oxygen atoms in total. The molecule has 2 rings (SSSR count). The summed E-state index contributed by atoms with van der Waals surface area (Å²) in [5.74, 6) is 0.234. The van der Waals surface area contributed by atoms with Gasteiger partial charge < -0.3 is 10.7 Å². The summed E-state index contributed by atoms with van der Waals surface area (Å²) >= 11 is 4.73. The van der Waals surface area contributed by atoms with Crippen LogP contribution in [-0.2, 0) is 0 Å². The lowest BCUT2D eigenvalue weighted by Gasteiger charge is -1.87. The number of nitrogens with zero attached hydrogens (tertiary/aromatic N) is 1. The van der Waals surface area contributed by atoms with Gasteiger partial charge in [0, 0.05) is 0 Å². The van der Waals surface area contributed by atoms with Crippen LogP contribution in [0.4, 0.5) is 5.82 Å². The Labute approximate surface area is 70.8 Å². The lowest BCUT2D eigenvalue weighted by atomic mass is 10.4. The molecule has 0 aliphatic carbocycles. The second kappa shape index (κ2) is 2.18. The van der Waals surface area contributed by atoms with E-state index in [2.05, 4.69) is 20.2 Å². The van der Waals surface area contributed by atoms with Gasteiger partial charge in [0.1, 0.15) is 11.2 Å². The van der Waals surface area contributed by atoms with E-state index in [0.29, 0.717) is 11.0 Å². The zero-order valence-corrected chi connectivity index (χ0v) is 6.66. The van der Waals surface area contributed by atoms with E-state index in [-0.39, 0.29) is 16.1 Å². The van der Waals surface area contributed by atoms with Gasteiger partial charge in [-0.05, 0) is 12.2 Å². The van der Waals surface area contributed by atoms with Crippen molar-refractivity contribution in [1.82, 2.24) is 20.2 Å². The molecule has 0 unspecified atom stereocenters. The number of aromatic nitrogens is 4. The molecule has 0 spiro atoms. The fraction of sp³-hybridized carbons (Fsp3) is 0. The van der Waals surface area contributed by atoms with Crippen LogP contribution in [0, 0.1) is 4.77 Å². The van der Waals surface area contributed by atoms with Crippen molar-refractivity contribution in [2.75, 3.05) is 5.73 Å². The van der Waals surface area contributed by atoms with Crippen LogP contribution >= 0.6 is 12.2 Å². The van der Waals surface area contributed by atoms with Gasteiger partial charge in [0.05, 0.1) is 0 Å². The van der Waals surface area contributed by atoms with Crippen molar-refractivity contribution in [3.8, 4) is 0 Å².